The summed E-state index contributed by atoms with van der Waals surface area (Å²) in [6, 6.07) is 13.2. The molecule has 1 aliphatic heterocycles. The number of fused-ring (bicyclic) bond motifs is 3. The lowest BCUT2D eigenvalue weighted by molar-refractivity contribution is 0.174. The molecule has 6 heteroatoms. The molecule has 4 aromatic rings. The second-order valence-electron chi connectivity index (χ2n) is 6.75. The van der Waals surface area contributed by atoms with Crippen LogP contribution in [0.25, 0.3) is 22.1 Å². The van der Waals surface area contributed by atoms with Crippen molar-refractivity contribution in [3.63, 3.8) is 0 Å². The Morgan fingerprint density at radius 3 is 2.72 bits per heavy atom. The van der Waals surface area contributed by atoms with E-state index in [1.807, 2.05) is 18.5 Å². The first-order valence-electron chi connectivity index (χ1n) is 8.81. The van der Waals surface area contributed by atoms with E-state index in [2.05, 4.69) is 60.2 Å². The molecule has 3 aromatic heterocycles. The molecule has 0 atom stereocenters. The minimum Gasteiger partial charge on any atom is -0.299 e. The second-order valence-corrected chi connectivity index (χ2v) is 6.75. The fraction of sp³-hybridized carbons (Fsp3) is 0.316. The third-order valence-corrected chi connectivity index (χ3v) is 5.18. The van der Waals surface area contributed by atoms with E-state index in [0.29, 0.717) is 6.04 Å². The number of H-pyrrole nitrogens is 1. The standard InChI is InChI=1S/C19H20N6/c1-2-4-14(5-3-1)13-24-10-7-15(8-11-24)25-18-16-6-9-20-19(16)21-12-17(18)22-23-25/h1-6,9,12,15,23H,7-8,10-11,13H2. The van der Waals surface area contributed by atoms with Crippen molar-refractivity contribution in [3.8, 4) is 0 Å². The van der Waals surface area contributed by atoms with Gasteiger partial charge in [-0.25, -0.2) is 15.2 Å². The van der Waals surface area contributed by atoms with Crippen molar-refractivity contribution in [2.24, 2.45) is 0 Å². The minimum absolute atomic E-state index is 0.442. The summed E-state index contributed by atoms with van der Waals surface area (Å²) in [6.45, 7) is 3.23. The summed E-state index contributed by atoms with van der Waals surface area (Å²) in [5, 5.41) is 8.74. The largest absolute Gasteiger partial charge is 0.299 e. The lowest BCUT2D eigenvalue weighted by atomic mass is 10.0. The number of pyridine rings is 1. The summed E-state index contributed by atoms with van der Waals surface area (Å²) in [7, 11) is 0. The average Bonchev–Trinajstić information content (AvgIpc) is 3.29. The van der Waals surface area contributed by atoms with Gasteiger partial charge >= 0.3 is 0 Å². The van der Waals surface area contributed by atoms with E-state index in [1.165, 1.54) is 5.56 Å². The molecule has 1 aliphatic rings. The molecule has 0 saturated carbocycles. The van der Waals surface area contributed by atoms with Crippen molar-refractivity contribution >= 4 is 22.1 Å². The number of likely N-dealkylation sites (tertiary alicyclic amines) is 1. The Morgan fingerprint density at radius 2 is 1.88 bits per heavy atom. The quantitative estimate of drug-likeness (QED) is 0.626. The van der Waals surface area contributed by atoms with E-state index >= 15 is 0 Å². The van der Waals surface area contributed by atoms with E-state index < -0.39 is 0 Å². The molecular formula is C19H20N6. The Hall–Kier alpha value is -2.73. The third kappa shape index (κ3) is 2.59. The van der Waals surface area contributed by atoms with Crippen molar-refractivity contribution in [2.45, 2.75) is 25.4 Å². The second kappa shape index (κ2) is 5.97. The topological polar surface area (TPSA) is 62.6 Å². The van der Waals surface area contributed by atoms with E-state index in [1.54, 1.807) is 0 Å². The van der Waals surface area contributed by atoms with Crippen LogP contribution in [0.4, 0.5) is 0 Å². The highest BCUT2D eigenvalue weighted by molar-refractivity contribution is 6.00. The first-order valence-corrected chi connectivity index (χ1v) is 8.81. The normalized spacial score (nSPS) is 16.8. The molecule has 6 nitrogen and oxygen atoms in total. The maximum Gasteiger partial charge on any atom is 0.161 e. The molecule has 4 heterocycles. The van der Waals surface area contributed by atoms with Gasteiger partial charge in [0.2, 0.25) is 0 Å². The Morgan fingerprint density at radius 1 is 1.04 bits per heavy atom. The average molecular weight is 332 g/mol. The summed E-state index contributed by atoms with van der Waals surface area (Å²) in [5.41, 5.74) is 4.22. The molecule has 5 rings (SSSR count). The molecule has 0 bridgehead atoms. The van der Waals surface area contributed by atoms with Crippen molar-refractivity contribution < 1.29 is 0 Å². The van der Waals surface area contributed by atoms with Gasteiger partial charge in [-0.05, 0) is 24.5 Å². The van der Waals surface area contributed by atoms with E-state index in [4.69, 9.17) is 0 Å². The smallest absolute Gasteiger partial charge is 0.161 e. The van der Waals surface area contributed by atoms with Gasteiger partial charge in [0.1, 0.15) is 5.52 Å². The molecule has 0 amide bonds. The maximum atomic E-state index is 4.44. The minimum atomic E-state index is 0.442. The number of hydrogen-bond donors (Lipinski definition) is 1. The molecule has 0 spiro atoms. The number of benzene rings is 1. The van der Waals surface area contributed by atoms with Gasteiger partial charge in [-0.15, -0.1) is 0 Å². The van der Waals surface area contributed by atoms with Gasteiger partial charge in [-0.1, -0.05) is 30.3 Å². The Balaban J connectivity index is 1.37. The summed E-state index contributed by atoms with van der Waals surface area (Å²) < 4.78 is 2.22. The summed E-state index contributed by atoms with van der Waals surface area (Å²) in [6.07, 6.45) is 5.86. The first-order chi connectivity index (χ1) is 12.4. The van der Waals surface area contributed by atoms with Crippen LogP contribution in [0.15, 0.2) is 48.8 Å². The van der Waals surface area contributed by atoms with Crippen LogP contribution in [-0.2, 0) is 6.54 Å². The Labute approximate surface area is 145 Å². The van der Waals surface area contributed by atoms with Crippen LogP contribution in [0.1, 0.15) is 24.4 Å². The highest BCUT2D eigenvalue weighted by Gasteiger charge is 2.23. The zero-order valence-electron chi connectivity index (χ0n) is 14.0. The fourth-order valence-corrected chi connectivity index (χ4v) is 3.87. The molecule has 0 aliphatic carbocycles. The lowest BCUT2D eigenvalue weighted by Gasteiger charge is -2.32. The number of aromatic nitrogens is 5. The number of nitrogens with zero attached hydrogens (tertiary/aromatic N) is 5. The highest BCUT2D eigenvalue weighted by atomic mass is 15.4. The third-order valence-electron chi connectivity index (χ3n) is 5.18. The molecular weight excluding hydrogens is 312 g/mol. The van der Waals surface area contributed by atoms with Gasteiger partial charge < -0.3 is 0 Å². The van der Waals surface area contributed by atoms with E-state index in [9.17, 15) is 0 Å². The lowest BCUT2D eigenvalue weighted by Crippen LogP contribution is -2.34. The predicted octanol–water partition coefficient (Wildman–Crippen LogP) is 3.14. The Kier molecular flexibility index (Phi) is 3.48. The van der Waals surface area contributed by atoms with Crippen LogP contribution >= 0.6 is 0 Å². The van der Waals surface area contributed by atoms with Gasteiger partial charge in [-0.3, -0.25) is 9.58 Å². The van der Waals surface area contributed by atoms with E-state index in [-0.39, 0.29) is 0 Å². The molecule has 126 valence electrons. The van der Waals surface area contributed by atoms with Crippen LogP contribution in [0.2, 0.25) is 0 Å². The van der Waals surface area contributed by atoms with Crippen molar-refractivity contribution in [2.75, 3.05) is 13.1 Å². The van der Waals surface area contributed by atoms with Gasteiger partial charge in [0.05, 0.1) is 17.8 Å². The number of aromatic amines is 1. The van der Waals surface area contributed by atoms with Crippen LogP contribution in [-0.4, -0.2) is 43.0 Å². The van der Waals surface area contributed by atoms with Crippen LogP contribution < -0.4 is 0 Å². The first kappa shape index (κ1) is 14.6. The van der Waals surface area contributed by atoms with Crippen LogP contribution in [0.5, 0.6) is 0 Å². The molecule has 1 aromatic carbocycles. The monoisotopic (exact) mass is 332 g/mol. The molecule has 0 radical (unpaired) electrons. The molecule has 1 N–H and O–H groups in total. The summed E-state index contributed by atoms with van der Waals surface area (Å²) >= 11 is 0. The molecule has 0 unspecified atom stereocenters. The van der Waals surface area contributed by atoms with Crippen LogP contribution in [0.3, 0.4) is 0 Å². The number of rotatable bonds is 3. The predicted molar refractivity (Wildman–Crippen MR) is 97.2 cm³/mol. The summed E-state index contributed by atoms with van der Waals surface area (Å²) in [4.78, 5) is 11.2. The zero-order chi connectivity index (χ0) is 16.6. The summed E-state index contributed by atoms with van der Waals surface area (Å²) in [5.74, 6) is 0. The highest BCUT2D eigenvalue weighted by Crippen LogP contribution is 2.29. The molecule has 1 saturated heterocycles. The Bertz CT molecular complexity index is 995. The molecule has 1 fully saturated rings. The van der Waals surface area contributed by atoms with Gasteiger partial charge in [0, 0.05) is 31.2 Å². The van der Waals surface area contributed by atoms with E-state index in [0.717, 1.165) is 54.5 Å². The number of nitrogens with one attached hydrogen (secondary N) is 1. The fourth-order valence-electron chi connectivity index (χ4n) is 3.87. The van der Waals surface area contributed by atoms with Gasteiger partial charge in [0.25, 0.3) is 0 Å². The number of piperidine rings is 1. The zero-order valence-corrected chi connectivity index (χ0v) is 14.0. The maximum absolute atomic E-state index is 4.44. The van der Waals surface area contributed by atoms with Gasteiger partial charge in [-0.2, -0.15) is 5.10 Å². The van der Waals surface area contributed by atoms with Gasteiger partial charge in [0.15, 0.2) is 5.65 Å². The molecule has 25 heavy (non-hydrogen) atoms. The van der Waals surface area contributed by atoms with Crippen molar-refractivity contribution in [3.05, 3.63) is 54.4 Å². The SMILES string of the molecule is c1ccc(CN2CCC(n3[nH]nc4cnc5nccc5c43)CC2)cc1. The van der Waals surface area contributed by atoms with Crippen molar-refractivity contribution in [1.82, 2.24) is 29.9 Å². The number of hydrogen-bond acceptors (Lipinski definition) is 4. The van der Waals surface area contributed by atoms with Crippen molar-refractivity contribution in [1.29, 1.82) is 0 Å². The van der Waals surface area contributed by atoms with Crippen LogP contribution in [0, 0.1) is 0 Å².